The fourth-order valence-electron chi connectivity index (χ4n) is 1.48. The second kappa shape index (κ2) is 2.98. The minimum Gasteiger partial charge on any atom is -0.472 e. The summed E-state index contributed by atoms with van der Waals surface area (Å²) in [5.74, 6) is 0.794. The van der Waals surface area contributed by atoms with Gasteiger partial charge < -0.3 is 9.64 Å². The monoisotopic (exact) mass is 174 g/mol. The van der Waals surface area contributed by atoms with Gasteiger partial charge in [-0.15, -0.1) is 0 Å². The van der Waals surface area contributed by atoms with E-state index in [0.717, 1.165) is 11.4 Å². The molecule has 1 aromatic carbocycles. The largest absolute Gasteiger partial charge is 0.472 e. The number of benzene rings is 1. The molecule has 1 aliphatic rings. The molecular weight excluding hydrogens is 164 g/mol. The van der Waals surface area contributed by atoms with Crippen molar-refractivity contribution in [1.82, 2.24) is 0 Å². The first-order chi connectivity index (χ1) is 6.31. The van der Waals surface area contributed by atoms with Crippen LogP contribution in [0, 0.1) is 11.3 Å². The maximum Gasteiger partial charge on any atom is 0.201 e. The molecule has 0 bridgehead atoms. The van der Waals surface area contributed by atoms with Gasteiger partial charge >= 0.3 is 0 Å². The lowest BCUT2D eigenvalue weighted by Crippen LogP contribution is -2.36. The number of para-hydroxylation sites is 2. The topological polar surface area (TPSA) is 36.3 Å². The molecule has 1 aliphatic heterocycles. The van der Waals surface area contributed by atoms with Gasteiger partial charge in [-0.25, -0.2) is 0 Å². The lowest BCUT2D eigenvalue weighted by molar-refractivity contribution is 0.248. The molecule has 3 heteroatoms. The summed E-state index contributed by atoms with van der Waals surface area (Å²) in [6, 6.07) is 9.86. The number of ether oxygens (including phenoxy) is 1. The minimum absolute atomic E-state index is 0.347. The number of nitriles is 1. The summed E-state index contributed by atoms with van der Waals surface area (Å²) >= 11 is 0. The third-order valence-electron chi connectivity index (χ3n) is 2.13. The molecule has 0 saturated heterocycles. The number of hydrogen-bond donors (Lipinski definition) is 0. The summed E-state index contributed by atoms with van der Waals surface area (Å²) in [6.45, 7) is 0.632. The molecule has 0 aliphatic carbocycles. The Balaban J connectivity index is 2.38. The van der Waals surface area contributed by atoms with Crippen molar-refractivity contribution in [3.8, 4) is 11.8 Å². The van der Waals surface area contributed by atoms with Crippen LogP contribution < -0.4 is 9.64 Å². The van der Waals surface area contributed by atoms with Crippen LogP contribution in [0.25, 0.3) is 0 Å². The normalized spacial score (nSPS) is 20.0. The zero-order valence-corrected chi connectivity index (χ0v) is 7.40. The molecule has 3 nitrogen and oxygen atoms in total. The van der Waals surface area contributed by atoms with E-state index in [1.54, 1.807) is 0 Å². The summed E-state index contributed by atoms with van der Waals surface area (Å²) < 4.78 is 5.45. The Morgan fingerprint density at radius 2 is 2.31 bits per heavy atom. The lowest BCUT2D eigenvalue weighted by Gasteiger charge is -2.30. The highest BCUT2D eigenvalue weighted by Gasteiger charge is 2.21. The van der Waals surface area contributed by atoms with Crippen molar-refractivity contribution in [3.63, 3.8) is 0 Å². The Morgan fingerprint density at radius 1 is 1.54 bits per heavy atom. The van der Waals surface area contributed by atoms with Crippen molar-refractivity contribution >= 4 is 5.69 Å². The molecule has 0 aromatic heterocycles. The molecule has 66 valence electrons. The van der Waals surface area contributed by atoms with E-state index >= 15 is 0 Å². The van der Waals surface area contributed by atoms with E-state index in [4.69, 9.17) is 10.00 Å². The first kappa shape index (κ1) is 7.93. The third kappa shape index (κ3) is 1.31. The predicted octanol–water partition coefficient (Wildman–Crippen LogP) is 1.41. The van der Waals surface area contributed by atoms with Gasteiger partial charge in [-0.1, -0.05) is 12.1 Å². The van der Waals surface area contributed by atoms with Crippen molar-refractivity contribution in [2.75, 3.05) is 18.5 Å². The Hall–Kier alpha value is -1.69. The van der Waals surface area contributed by atoms with Crippen molar-refractivity contribution in [3.05, 3.63) is 24.3 Å². The van der Waals surface area contributed by atoms with Crippen LogP contribution in [0.4, 0.5) is 5.69 Å². The van der Waals surface area contributed by atoms with Crippen molar-refractivity contribution < 1.29 is 4.74 Å². The van der Waals surface area contributed by atoms with Crippen molar-refractivity contribution in [2.45, 2.75) is 6.10 Å². The summed E-state index contributed by atoms with van der Waals surface area (Å²) in [6.07, 6.45) is -0.347. The Kier molecular flexibility index (Phi) is 1.82. The average molecular weight is 174 g/mol. The number of hydrogen-bond acceptors (Lipinski definition) is 3. The fraction of sp³-hybridized carbons (Fsp3) is 0.300. The summed E-state index contributed by atoms with van der Waals surface area (Å²) in [5.41, 5.74) is 1.05. The first-order valence-corrected chi connectivity index (χ1v) is 4.17. The maximum absolute atomic E-state index is 8.73. The van der Waals surface area contributed by atoms with Crippen LogP contribution in [0.5, 0.6) is 5.75 Å². The van der Waals surface area contributed by atoms with E-state index in [0.29, 0.717) is 6.54 Å². The van der Waals surface area contributed by atoms with Crippen LogP contribution in [0.3, 0.4) is 0 Å². The van der Waals surface area contributed by atoms with Gasteiger partial charge in [0.05, 0.1) is 12.2 Å². The van der Waals surface area contributed by atoms with Gasteiger partial charge in [0, 0.05) is 7.05 Å². The number of likely N-dealkylation sites (N-methyl/N-ethyl adjacent to an activating group) is 1. The molecule has 13 heavy (non-hydrogen) atoms. The van der Waals surface area contributed by atoms with E-state index in [-0.39, 0.29) is 6.10 Å². The van der Waals surface area contributed by atoms with Crippen LogP contribution in [-0.4, -0.2) is 19.7 Å². The van der Waals surface area contributed by atoms with Crippen LogP contribution in [-0.2, 0) is 0 Å². The number of rotatable bonds is 0. The van der Waals surface area contributed by atoms with E-state index < -0.39 is 0 Å². The molecule has 0 fully saturated rings. The second-order valence-electron chi connectivity index (χ2n) is 3.08. The molecule has 0 spiro atoms. The molecule has 0 unspecified atom stereocenters. The molecule has 1 atom stereocenters. The zero-order valence-electron chi connectivity index (χ0n) is 7.40. The van der Waals surface area contributed by atoms with Crippen LogP contribution in [0.1, 0.15) is 0 Å². The average Bonchev–Trinajstić information content (AvgIpc) is 2.18. The molecule has 0 radical (unpaired) electrons. The van der Waals surface area contributed by atoms with Gasteiger partial charge in [0.2, 0.25) is 6.10 Å². The van der Waals surface area contributed by atoms with Gasteiger partial charge in [-0.05, 0) is 12.1 Å². The molecule has 1 aromatic rings. The van der Waals surface area contributed by atoms with Gasteiger partial charge in [-0.2, -0.15) is 5.26 Å². The van der Waals surface area contributed by atoms with Crippen molar-refractivity contribution in [1.29, 1.82) is 5.26 Å². The van der Waals surface area contributed by atoms with Crippen LogP contribution in [0.2, 0.25) is 0 Å². The lowest BCUT2D eigenvalue weighted by atomic mass is 10.2. The Morgan fingerprint density at radius 3 is 3.08 bits per heavy atom. The number of fused-ring (bicyclic) bond motifs is 1. The highest BCUT2D eigenvalue weighted by Crippen LogP contribution is 2.31. The molecule has 1 heterocycles. The minimum atomic E-state index is -0.347. The third-order valence-corrected chi connectivity index (χ3v) is 2.13. The Bertz CT molecular complexity index is 356. The number of anilines is 1. The second-order valence-corrected chi connectivity index (χ2v) is 3.08. The Labute approximate surface area is 77.2 Å². The smallest absolute Gasteiger partial charge is 0.201 e. The van der Waals surface area contributed by atoms with E-state index in [9.17, 15) is 0 Å². The molecule has 2 rings (SSSR count). The van der Waals surface area contributed by atoms with E-state index in [1.807, 2.05) is 36.2 Å². The van der Waals surface area contributed by atoms with Gasteiger partial charge in [0.1, 0.15) is 11.8 Å². The summed E-state index contributed by atoms with van der Waals surface area (Å²) in [7, 11) is 1.96. The summed E-state index contributed by atoms with van der Waals surface area (Å²) in [5, 5.41) is 8.73. The standard InChI is InChI=1S/C10H10N2O/c1-12-7-8(6-11)13-10-5-3-2-4-9(10)12/h2-5,8H,7H2,1H3/t8-/m0/s1. The highest BCUT2D eigenvalue weighted by molar-refractivity contribution is 5.59. The first-order valence-electron chi connectivity index (χ1n) is 4.17. The SMILES string of the molecule is CN1C[C@H](C#N)Oc2ccccc21. The van der Waals surface area contributed by atoms with Gasteiger partial charge in [0.25, 0.3) is 0 Å². The maximum atomic E-state index is 8.73. The van der Waals surface area contributed by atoms with Crippen LogP contribution >= 0.6 is 0 Å². The van der Waals surface area contributed by atoms with Crippen LogP contribution in [0.15, 0.2) is 24.3 Å². The molecule has 0 amide bonds. The van der Waals surface area contributed by atoms with Crippen molar-refractivity contribution in [2.24, 2.45) is 0 Å². The van der Waals surface area contributed by atoms with E-state index in [2.05, 4.69) is 6.07 Å². The quantitative estimate of drug-likeness (QED) is 0.596. The molecule has 0 N–H and O–H groups in total. The summed E-state index contributed by atoms with van der Waals surface area (Å²) in [4.78, 5) is 2.03. The van der Waals surface area contributed by atoms with E-state index in [1.165, 1.54) is 0 Å². The fourth-order valence-corrected chi connectivity index (χ4v) is 1.48. The highest BCUT2D eigenvalue weighted by atomic mass is 16.5. The van der Waals surface area contributed by atoms with Gasteiger partial charge in [-0.3, -0.25) is 0 Å². The predicted molar refractivity (Wildman–Crippen MR) is 49.7 cm³/mol. The number of nitrogens with zero attached hydrogens (tertiary/aromatic N) is 2. The molecular formula is C10H10N2O. The zero-order chi connectivity index (χ0) is 9.26. The van der Waals surface area contributed by atoms with Gasteiger partial charge in [0.15, 0.2) is 0 Å². The molecule has 0 saturated carbocycles.